The smallest absolute Gasteiger partial charge is 0.251 e. The van der Waals surface area contributed by atoms with Crippen molar-refractivity contribution in [2.45, 2.75) is 26.3 Å². The minimum Gasteiger partial charge on any atom is -0.397 e. The summed E-state index contributed by atoms with van der Waals surface area (Å²) in [5, 5.41) is 12.1. The van der Waals surface area contributed by atoms with Crippen molar-refractivity contribution in [2.24, 2.45) is 5.92 Å². The van der Waals surface area contributed by atoms with Crippen LogP contribution in [0.2, 0.25) is 0 Å². The van der Waals surface area contributed by atoms with Crippen molar-refractivity contribution in [3.63, 3.8) is 0 Å². The molecule has 0 saturated heterocycles. The van der Waals surface area contributed by atoms with E-state index in [1.54, 1.807) is 12.1 Å². The maximum Gasteiger partial charge on any atom is 0.251 e. The van der Waals surface area contributed by atoms with E-state index >= 15 is 0 Å². The van der Waals surface area contributed by atoms with Crippen molar-refractivity contribution in [1.29, 1.82) is 0 Å². The molecular weight excluding hydrogens is 254 g/mol. The predicted octanol–water partition coefficient (Wildman–Crippen LogP) is 1.47. The van der Waals surface area contributed by atoms with Gasteiger partial charge in [0.1, 0.15) is 0 Å². The fourth-order valence-electron chi connectivity index (χ4n) is 2.12. The summed E-state index contributed by atoms with van der Waals surface area (Å²) in [6, 6.07) is 5.00. The summed E-state index contributed by atoms with van der Waals surface area (Å²) in [6.07, 6.45) is 0.744. The van der Waals surface area contributed by atoms with Gasteiger partial charge in [-0.05, 0) is 30.5 Å². The molecule has 0 aromatic heterocycles. The second-order valence-electron chi connectivity index (χ2n) is 5.65. The van der Waals surface area contributed by atoms with Crippen LogP contribution in [0.15, 0.2) is 18.2 Å². The molecule has 0 radical (unpaired) electrons. The number of benzene rings is 1. The largest absolute Gasteiger partial charge is 0.397 e. The van der Waals surface area contributed by atoms with E-state index in [2.05, 4.69) is 19.2 Å². The van der Waals surface area contributed by atoms with E-state index < -0.39 is 0 Å². The third-order valence-corrected chi connectivity index (χ3v) is 3.08. The van der Waals surface area contributed by atoms with Gasteiger partial charge in [0.2, 0.25) is 0 Å². The number of anilines is 2. The predicted molar refractivity (Wildman–Crippen MR) is 83.0 cm³/mol. The quantitative estimate of drug-likeness (QED) is 0.689. The van der Waals surface area contributed by atoms with Crippen LogP contribution in [0.1, 0.15) is 30.6 Å². The Balaban J connectivity index is 2.79. The lowest BCUT2D eigenvalue weighted by atomic mass is 10.0. The highest BCUT2D eigenvalue weighted by Gasteiger charge is 2.15. The molecule has 0 saturated carbocycles. The van der Waals surface area contributed by atoms with Crippen LogP contribution in [0.3, 0.4) is 0 Å². The van der Waals surface area contributed by atoms with Crippen LogP contribution in [0, 0.1) is 5.92 Å². The van der Waals surface area contributed by atoms with Gasteiger partial charge in [-0.2, -0.15) is 0 Å². The second-order valence-corrected chi connectivity index (χ2v) is 5.65. The molecule has 1 amide bonds. The Morgan fingerprint density at radius 3 is 2.50 bits per heavy atom. The number of amides is 1. The van der Waals surface area contributed by atoms with Crippen molar-refractivity contribution in [3.05, 3.63) is 23.8 Å². The van der Waals surface area contributed by atoms with Crippen LogP contribution < -0.4 is 16.0 Å². The summed E-state index contributed by atoms with van der Waals surface area (Å²) >= 11 is 0. The molecule has 1 unspecified atom stereocenters. The molecule has 20 heavy (non-hydrogen) atoms. The fourth-order valence-corrected chi connectivity index (χ4v) is 2.12. The maximum absolute atomic E-state index is 12.1. The molecule has 0 bridgehead atoms. The third-order valence-electron chi connectivity index (χ3n) is 3.08. The molecule has 5 nitrogen and oxygen atoms in total. The average molecular weight is 279 g/mol. The standard InChI is InChI=1S/C15H25N3O2/c1-10(2)7-12(9-19)17-15(20)11-5-6-14(18(3)4)13(16)8-11/h5-6,8,10,12,19H,7,9,16H2,1-4H3,(H,17,20). The number of carbonyl (C=O) groups is 1. The van der Waals surface area contributed by atoms with Gasteiger partial charge in [0, 0.05) is 19.7 Å². The summed E-state index contributed by atoms with van der Waals surface area (Å²) in [5.41, 5.74) is 7.88. The van der Waals surface area contributed by atoms with E-state index in [1.807, 2.05) is 25.1 Å². The molecule has 0 aliphatic carbocycles. The van der Waals surface area contributed by atoms with Crippen molar-refractivity contribution >= 4 is 17.3 Å². The first kappa shape index (κ1) is 16.3. The summed E-state index contributed by atoms with van der Waals surface area (Å²) in [4.78, 5) is 14.0. The molecule has 0 spiro atoms. The van der Waals surface area contributed by atoms with Crippen molar-refractivity contribution in [1.82, 2.24) is 5.32 Å². The maximum atomic E-state index is 12.1. The molecular formula is C15H25N3O2. The Kier molecular flexibility index (Phi) is 5.82. The van der Waals surface area contributed by atoms with Gasteiger partial charge < -0.3 is 21.1 Å². The van der Waals surface area contributed by atoms with Crippen LogP contribution in [0.5, 0.6) is 0 Å². The number of carbonyl (C=O) groups excluding carboxylic acids is 1. The molecule has 1 rings (SSSR count). The van der Waals surface area contributed by atoms with Crippen molar-refractivity contribution < 1.29 is 9.90 Å². The van der Waals surface area contributed by atoms with Crippen LogP contribution in [-0.4, -0.2) is 37.8 Å². The molecule has 1 aromatic carbocycles. The second kappa shape index (κ2) is 7.14. The van der Waals surface area contributed by atoms with E-state index in [0.29, 0.717) is 17.2 Å². The number of nitrogens with one attached hydrogen (secondary N) is 1. The molecule has 4 N–H and O–H groups in total. The zero-order valence-electron chi connectivity index (χ0n) is 12.7. The Labute approximate surface area is 120 Å². The lowest BCUT2D eigenvalue weighted by Gasteiger charge is -2.19. The summed E-state index contributed by atoms with van der Waals surface area (Å²) < 4.78 is 0. The van der Waals surface area contributed by atoms with E-state index in [0.717, 1.165) is 12.1 Å². The van der Waals surface area contributed by atoms with E-state index in [9.17, 15) is 9.90 Å². The van der Waals surface area contributed by atoms with Gasteiger partial charge in [-0.3, -0.25) is 4.79 Å². The Morgan fingerprint density at radius 2 is 2.05 bits per heavy atom. The molecule has 0 heterocycles. The Morgan fingerprint density at radius 1 is 1.40 bits per heavy atom. The zero-order chi connectivity index (χ0) is 15.3. The van der Waals surface area contributed by atoms with E-state index in [-0.39, 0.29) is 18.6 Å². The lowest BCUT2D eigenvalue weighted by Crippen LogP contribution is -2.38. The molecule has 0 aliphatic heterocycles. The molecule has 0 aliphatic rings. The number of hydrogen-bond donors (Lipinski definition) is 3. The number of rotatable bonds is 6. The zero-order valence-corrected chi connectivity index (χ0v) is 12.7. The van der Waals surface area contributed by atoms with Gasteiger partial charge in [0.05, 0.1) is 24.0 Å². The first-order valence-electron chi connectivity index (χ1n) is 6.83. The van der Waals surface area contributed by atoms with Gasteiger partial charge in [0.15, 0.2) is 0 Å². The normalized spacial score (nSPS) is 12.3. The fraction of sp³-hybridized carbons (Fsp3) is 0.533. The average Bonchev–Trinajstić information content (AvgIpc) is 2.36. The number of nitrogens with zero attached hydrogens (tertiary/aromatic N) is 1. The first-order valence-corrected chi connectivity index (χ1v) is 6.83. The Bertz CT molecular complexity index is 458. The lowest BCUT2D eigenvalue weighted by molar-refractivity contribution is 0.0908. The molecule has 1 aromatic rings. The highest BCUT2D eigenvalue weighted by atomic mass is 16.3. The highest BCUT2D eigenvalue weighted by Crippen LogP contribution is 2.22. The van der Waals surface area contributed by atoms with Gasteiger partial charge in [0.25, 0.3) is 5.91 Å². The van der Waals surface area contributed by atoms with Gasteiger partial charge in [-0.15, -0.1) is 0 Å². The Hall–Kier alpha value is -1.75. The van der Waals surface area contributed by atoms with Crippen LogP contribution >= 0.6 is 0 Å². The van der Waals surface area contributed by atoms with Gasteiger partial charge >= 0.3 is 0 Å². The first-order chi connectivity index (χ1) is 9.35. The van der Waals surface area contributed by atoms with Gasteiger partial charge in [-0.25, -0.2) is 0 Å². The SMILES string of the molecule is CC(C)CC(CO)NC(=O)c1ccc(N(C)C)c(N)c1. The van der Waals surface area contributed by atoms with Crippen molar-refractivity contribution in [2.75, 3.05) is 31.3 Å². The summed E-state index contributed by atoms with van der Waals surface area (Å²) in [5.74, 6) is 0.204. The highest BCUT2D eigenvalue weighted by molar-refractivity contribution is 5.96. The van der Waals surface area contributed by atoms with Crippen LogP contribution in [-0.2, 0) is 0 Å². The minimum absolute atomic E-state index is 0.0603. The van der Waals surface area contributed by atoms with Crippen LogP contribution in [0.4, 0.5) is 11.4 Å². The van der Waals surface area contributed by atoms with Crippen LogP contribution in [0.25, 0.3) is 0 Å². The number of aliphatic hydroxyl groups is 1. The summed E-state index contributed by atoms with van der Waals surface area (Å²) in [6.45, 7) is 4.05. The number of hydrogen-bond acceptors (Lipinski definition) is 4. The third kappa shape index (κ3) is 4.42. The summed E-state index contributed by atoms with van der Waals surface area (Å²) in [7, 11) is 3.80. The number of nitrogen functional groups attached to an aromatic ring is 1. The molecule has 1 atom stereocenters. The van der Waals surface area contributed by atoms with E-state index in [4.69, 9.17) is 5.73 Å². The van der Waals surface area contributed by atoms with Gasteiger partial charge in [-0.1, -0.05) is 13.8 Å². The minimum atomic E-state index is -0.225. The molecule has 0 fully saturated rings. The monoisotopic (exact) mass is 279 g/mol. The number of aliphatic hydroxyl groups excluding tert-OH is 1. The topological polar surface area (TPSA) is 78.6 Å². The van der Waals surface area contributed by atoms with E-state index in [1.165, 1.54) is 0 Å². The molecule has 5 heteroatoms. The molecule has 112 valence electrons. The van der Waals surface area contributed by atoms with Crippen molar-refractivity contribution in [3.8, 4) is 0 Å². The number of nitrogens with two attached hydrogens (primary N) is 1.